The maximum Gasteiger partial charge on any atom is 0.433 e. The molecular weight excluding hydrogens is 378 g/mol. The van der Waals surface area contributed by atoms with E-state index in [1.807, 2.05) is 5.43 Å². The summed E-state index contributed by atoms with van der Waals surface area (Å²) in [4.78, 5) is 43.4. The first-order valence-corrected chi connectivity index (χ1v) is 7.55. The SMILES string of the molecule is O=C(NN=Cc1ccc([N+](=O)[O-])o1)C(=O)NC(CO)c1ccc([N+](=O)[O-])cc1. The smallest absolute Gasteiger partial charge is 0.400 e. The average Bonchev–Trinajstić information content (AvgIpc) is 3.15. The highest BCUT2D eigenvalue weighted by Crippen LogP contribution is 2.17. The summed E-state index contributed by atoms with van der Waals surface area (Å²) < 4.78 is 4.77. The molecule has 0 saturated heterocycles. The van der Waals surface area contributed by atoms with Crippen LogP contribution in [0.15, 0.2) is 45.9 Å². The fraction of sp³-hybridized carbons (Fsp3) is 0.133. The van der Waals surface area contributed by atoms with Gasteiger partial charge >= 0.3 is 17.7 Å². The van der Waals surface area contributed by atoms with Crippen molar-refractivity contribution in [3.63, 3.8) is 0 Å². The fourth-order valence-electron chi connectivity index (χ4n) is 2.00. The summed E-state index contributed by atoms with van der Waals surface area (Å²) in [7, 11) is 0. The number of aliphatic hydroxyl groups excluding tert-OH is 1. The number of aliphatic hydroxyl groups is 1. The lowest BCUT2D eigenvalue weighted by Gasteiger charge is -2.15. The zero-order valence-electron chi connectivity index (χ0n) is 14.0. The third kappa shape index (κ3) is 5.18. The zero-order valence-corrected chi connectivity index (χ0v) is 14.0. The van der Waals surface area contributed by atoms with Gasteiger partial charge in [-0.15, -0.1) is 0 Å². The number of hydrogen-bond acceptors (Lipinski definition) is 9. The Kier molecular flexibility index (Phi) is 6.49. The molecule has 0 spiro atoms. The van der Waals surface area contributed by atoms with E-state index < -0.39 is 40.2 Å². The van der Waals surface area contributed by atoms with Crippen molar-refractivity contribution in [2.24, 2.45) is 5.10 Å². The number of nitrogens with zero attached hydrogens (tertiary/aromatic N) is 3. The van der Waals surface area contributed by atoms with Crippen LogP contribution in [0.25, 0.3) is 0 Å². The second-order valence-corrected chi connectivity index (χ2v) is 5.19. The Morgan fingerprint density at radius 2 is 1.79 bits per heavy atom. The lowest BCUT2D eigenvalue weighted by molar-refractivity contribution is -0.402. The molecule has 0 radical (unpaired) electrons. The van der Waals surface area contributed by atoms with Gasteiger partial charge in [0.05, 0.1) is 29.9 Å². The van der Waals surface area contributed by atoms with Gasteiger partial charge in [0.15, 0.2) is 5.76 Å². The number of nitro groups is 2. The predicted molar refractivity (Wildman–Crippen MR) is 92.2 cm³/mol. The first-order chi connectivity index (χ1) is 13.3. The van der Waals surface area contributed by atoms with Crippen molar-refractivity contribution in [3.8, 4) is 0 Å². The van der Waals surface area contributed by atoms with Crippen molar-refractivity contribution >= 4 is 29.6 Å². The van der Waals surface area contributed by atoms with Gasteiger partial charge in [-0.25, -0.2) is 5.43 Å². The molecule has 2 rings (SSSR count). The molecule has 13 nitrogen and oxygen atoms in total. The first kappa shape index (κ1) is 20.2. The summed E-state index contributed by atoms with van der Waals surface area (Å²) in [6.45, 7) is -0.559. The van der Waals surface area contributed by atoms with Gasteiger partial charge in [-0.05, 0) is 11.6 Å². The van der Waals surface area contributed by atoms with Crippen molar-refractivity contribution in [2.75, 3.05) is 6.61 Å². The quantitative estimate of drug-likeness (QED) is 0.261. The van der Waals surface area contributed by atoms with Crippen LogP contribution < -0.4 is 10.7 Å². The summed E-state index contributed by atoms with van der Waals surface area (Å²) in [5.74, 6) is -2.83. The number of hydrogen-bond donors (Lipinski definition) is 3. The Balaban J connectivity index is 1.93. The molecule has 1 aromatic carbocycles. The number of carbonyl (C=O) groups excluding carboxylic acids is 2. The molecule has 0 bridgehead atoms. The Morgan fingerprint density at radius 1 is 1.11 bits per heavy atom. The van der Waals surface area contributed by atoms with Gasteiger partial charge in [-0.1, -0.05) is 12.1 Å². The standard InChI is InChI=1S/C15H13N5O8/c21-8-12(9-1-3-10(4-2-9)19(24)25)17-14(22)15(23)18-16-7-11-5-6-13(28-11)20(26)27/h1-7,12,21H,8H2,(H,17,22)(H,18,23). The minimum atomic E-state index is -1.17. The monoisotopic (exact) mass is 391 g/mol. The van der Waals surface area contributed by atoms with E-state index in [-0.39, 0.29) is 11.4 Å². The Hall–Kier alpha value is -4.13. The number of benzene rings is 1. The summed E-state index contributed by atoms with van der Waals surface area (Å²) in [5.41, 5.74) is 2.07. The van der Waals surface area contributed by atoms with Crippen LogP contribution >= 0.6 is 0 Å². The third-order valence-corrected chi connectivity index (χ3v) is 3.35. The minimum absolute atomic E-state index is 0.0217. The van der Waals surface area contributed by atoms with E-state index in [0.29, 0.717) is 5.56 Å². The van der Waals surface area contributed by atoms with Crippen LogP contribution in [-0.2, 0) is 9.59 Å². The van der Waals surface area contributed by atoms with Gasteiger partial charge in [-0.2, -0.15) is 5.10 Å². The molecule has 2 aromatic rings. The largest absolute Gasteiger partial charge is 0.433 e. The topological polar surface area (TPSA) is 190 Å². The van der Waals surface area contributed by atoms with Gasteiger partial charge in [0.25, 0.3) is 5.69 Å². The number of amides is 2. The van der Waals surface area contributed by atoms with Crippen LogP contribution in [0, 0.1) is 20.2 Å². The molecule has 1 heterocycles. The highest BCUT2D eigenvalue weighted by molar-refractivity contribution is 6.35. The Labute approximate surface area is 155 Å². The van der Waals surface area contributed by atoms with Gasteiger partial charge in [0.1, 0.15) is 4.92 Å². The summed E-state index contributed by atoms with van der Waals surface area (Å²) in [6.07, 6.45) is 0.956. The van der Waals surface area contributed by atoms with Crippen molar-refractivity contribution in [1.29, 1.82) is 0 Å². The van der Waals surface area contributed by atoms with Crippen LogP contribution in [0.1, 0.15) is 17.4 Å². The van der Waals surface area contributed by atoms with Crippen molar-refractivity contribution in [2.45, 2.75) is 6.04 Å². The molecule has 1 atom stereocenters. The average molecular weight is 391 g/mol. The molecule has 3 N–H and O–H groups in total. The highest BCUT2D eigenvalue weighted by Gasteiger charge is 2.20. The van der Waals surface area contributed by atoms with Crippen LogP contribution in [0.3, 0.4) is 0 Å². The maximum atomic E-state index is 11.9. The molecule has 0 fully saturated rings. The zero-order chi connectivity index (χ0) is 20.7. The number of nitrogens with one attached hydrogen (secondary N) is 2. The lowest BCUT2D eigenvalue weighted by atomic mass is 10.1. The second-order valence-electron chi connectivity index (χ2n) is 5.19. The number of furan rings is 1. The number of non-ortho nitro benzene ring substituents is 1. The van der Waals surface area contributed by atoms with Gasteiger partial charge in [0, 0.05) is 12.1 Å². The molecule has 0 saturated carbocycles. The van der Waals surface area contributed by atoms with E-state index in [4.69, 9.17) is 4.42 Å². The van der Waals surface area contributed by atoms with E-state index in [9.17, 15) is 34.9 Å². The second kappa shape index (κ2) is 9.00. The molecule has 1 unspecified atom stereocenters. The normalized spacial score (nSPS) is 11.8. The molecular formula is C15H13N5O8. The van der Waals surface area contributed by atoms with E-state index >= 15 is 0 Å². The number of nitro benzene ring substituents is 1. The Morgan fingerprint density at radius 3 is 2.32 bits per heavy atom. The molecule has 146 valence electrons. The number of hydrazone groups is 1. The predicted octanol–water partition coefficient (Wildman–Crippen LogP) is 0.396. The fourth-order valence-corrected chi connectivity index (χ4v) is 2.00. The molecule has 13 heteroatoms. The van der Waals surface area contributed by atoms with E-state index in [0.717, 1.165) is 12.3 Å². The van der Waals surface area contributed by atoms with E-state index in [2.05, 4.69) is 10.4 Å². The highest BCUT2D eigenvalue weighted by atomic mass is 16.6. The molecule has 2 amide bonds. The van der Waals surface area contributed by atoms with E-state index in [1.165, 1.54) is 30.3 Å². The molecule has 0 aliphatic heterocycles. The maximum absolute atomic E-state index is 11.9. The van der Waals surface area contributed by atoms with Crippen molar-refractivity contribution < 1.29 is 29.0 Å². The van der Waals surface area contributed by atoms with Crippen LogP contribution in [-0.4, -0.2) is 39.6 Å². The van der Waals surface area contributed by atoms with Crippen LogP contribution in [0.5, 0.6) is 0 Å². The van der Waals surface area contributed by atoms with Crippen LogP contribution in [0.2, 0.25) is 0 Å². The number of rotatable bonds is 7. The summed E-state index contributed by atoms with van der Waals surface area (Å²) >= 11 is 0. The van der Waals surface area contributed by atoms with Gasteiger partial charge in [0.2, 0.25) is 0 Å². The third-order valence-electron chi connectivity index (χ3n) is 3.35. The Bertz CT molecular complexity index is 921. The lowest BCUT2D eigenvalue weighted by Crippen LogP contribution is -2.40. The molecule has 0 aliphatic carbocycles. The summed E-state index contributed by atoms with van der Waals surface area (Å²) in [5, 5.41) is 36.2. The molecule has 0 aliphatic rings. The van der Waals surface area contributed by atoms with Gasteiger partial charge in [-0.3, -0.25) is 29.8 Å². The van der Waals surface area contributed by atoms with E-state index in [1.54, 1.807) is 0 Å². The minimum Gasteiger partial charge on any atom is -0.400 e. The van der Waals surface area contributed by atoms with Crippen LogP contribution in [0.4, 0.5) is 11.6 Å². The van der Waals surface area contributed by atoms with Crippen molar-refractivity contribution in [1.82, 2.24) is 10.7 Å². The van der Waals surface area contributed by atoms with Crippen molar-refractivity contribution in [3.05, 3.63) is 68.0 Å². The molecule has 1 aromatic heterocycles. The first-order valence-electron chi connectivity index (χ1n) is 7.55. The van der Waals surface area contributed by atoms with Gasteiger partial charge < -0.3 is 14.8 Å². The number of carbonyl (C=O) groups is 2. The summed E-state index contributed by atoms with van der Waals surface area (Å²) in [6, 6.07) is 6.40. The molecule has 28 heavy (non-hydrogen) atoms.